The zero-order valence-electron chi connectivity index (χ0n) is 13.7. The molecule has 0 fully saturated rings. The van der Waals surface area contributed by atoms with Crippen molar-refractivity contribution in [2.24, 2.45) is 0 Å². The Morgan fingerprint density at radius 1 is 1.19 bits per heavy atom. The summed E-state index contributed by atoms with van der Waals surface area (Å²) in [4.78, 5) is 17.0. The van der Waals surface area contributed by atoms with Gasteiger partial charge < -0.3 is 4.90 Å². The molecule has 0 amide bonds. The second kappa shape index (κ2) is 5.69. The minimum Gasteiger partial charge on any atom is -0.342 e. The zero-order valence-corrected chi connectivity index (χ0v) is 13.7. The van der Waals surface area contributed by atoms with Crippen LogP contribution in [-0.4, -0.2) is 27.2 Å². The Morgan fingerprint density at radius 2 is 2.00 bits per heavy atom. The maximum Gasteiger partial charge on any atom is 0.418 e. The first-order valence-electron chi connectivity index (χ1n) is 7.83. The van der Waals surface area contributed by atoms with Crippen molar-refractivity contribution >= 4 is 34.8 Å². The van der Waals surface area contributed by atoms with Crippen LogP contribution in [0, 0.1) is 0 Å². The SMILES string of the molecule is CC(=O)n1ncc2cc3c(cc21)=CN(c1cnccc1C(F)(F)F)CC=3. The van der Waals surface area contributed by atoms with Crippen LogP contribution in [0.5, 0.6) is 0 Å². The van der Waals surface area contributed by atoms with Crippen LogP contribution in [0.2, 0.25) is 0 Å². The third-order valence-corrected chi connectivity index (χ3v) is 4.29. The van der Waals surface area contributed by atoms with Crippen LogP contribution in [0.15, 0.2) is 36.8 Å². The molecular formula is C18H13F3N4O. The van der Waals surface area contributed by atoms with Gasteiger partial charge >= 0.3 is 6.18 Å². The number of benzene rings is 1. The molecule has 0 bridgehead atoms. The number of anilines is 1. The highest BCUT2D eigenvalue weighted by Gasteiger charge is 2.34. The van der Waals surface area contributed by atoms with E-state index in [1.54, 1.807) is 18.5 Å². The third kappa shape index (κ3) is 2.63. The van der Waals surface area contributed by atoms with E-state index >= 15 is 0 Å². The van der Waals surface area contributed by atoms with Crippen LogP contribution in [0.25, 0.3) is 23.2 Å². The maximum atomic E-state index is 13.3. The molecule has 2 aromatic heterocycles. The first-order valence-corrected chi connectivity index (χ1v) is 7.83. The summed E-state index contributed by atoms with van der Waals surface area (Å²) in [6.45, 7) is 1.69. The highest BCUT2D eigenvalue weighted by molar-refractivity contribution is 5.90. The second-order valence-electron chi connectivity index (χ2n) is 5.99. The lowest BCUT2D eigenvalue weighted by molar-refractivity contribution is -0.137. The molecule has 3 heterocycles. The molecule has 1 aliphatic rings. The Hall–Kier alpha value is -3.16. The number of alkyl halides is 3. The monoisotopic (exact) mass is 358 g/mol. The molecule has 0 saturated heterocycles. The molecule has 8 heteroatoms. The highest BCUT2D eigenvalue weighted by Crippen LogP contribution is 2.36. The lowest BCUT2D eigenvalue weighted by Gasteiger charge is -2.24. The van der Waals surface area contributed by atoms with Gasteiger partial charge in [-0.2, -0.15) is 18.3 Å². The number of hydrogen-bond acceptors (Lipinski definition) is 4. The summed E-state index contributed by atoms with van der Waals surface area (Å²) in [5, 5.41) is 6.45. The molecule has 1 aliphatic heterocycles. The van der Waals surface area contributed by atoms with E-state index < -0.39 is 11.7 Å². The third-order valence-electron chi connectivity index (χ3n) is 4.29. The van der Waals surface area contributed by atoms with Gasteiger partial charge in [-0.25, -0.2) is 4.68 Å². The van der Waals surface area contributed by atoms with E-state index in [1.807, 2.05) is 12.1 Å². The van der Waals surface area contributed by atoms with Crippen LogP contribution in [0.1, 0.15) is 17.3 Å². The van der Waals surface area contributed by atoms with Gasteiger partial charge in [0.2, 0.25) is 5.91 Å². The van der Waals surface area contributed by atoms with E-state index in [0.29, 0.717) is 10.7 Å². The van der Waals surface area contributed by atoms with Crippen molar-refractivity contribution in [3.8, 4) is 0 Å². The van der Waals surface area contributed by atoms with Crippen molar-refractivity contribution in [2.45, 2.75) is 13.1 Å². The van der Waals surface area contributed by atoms with Gasteiger partial charge in [-0.3, -0.25) is 9.78 Å². The van der Waals surface area contributed by atoms with Crippen molar-refractivity contribution in [1.29, 1.82) is 0 Å². The van der Waals surface area contributed by atoms with Crippen molar-refractivity contribution in [2.75, 3.05) is 11.4 Å². The lowest BCUT2D eigenvalue weighted by Crippen LogP contribution is -2.36. The fourth-order valence-electron chi connectivity index (χ4n) is 3.09. The topological polar surface area (TPSA) is 51.0 Å². The summed E-state index contributed by atoms with van der Waals surface area (Å²) in [6.07, 6.45) is 2.94. The number of pyridine rings is 1. The van der Waals surface area contributed by atoms with E-state index in [1.165, 1.54) is 22.7 Å². The Balaban J connectivity index is 1.89. The first-order chi connectivity index (χ1) is 12.3. The summed E-state index contributed by atoms with van der Waals surface area (Å²) in [6, 6.07) is 4.59. The van der Waals surface area contributed by atoms with Gasteiger partial charge in [0.1, 0.15) is 0 Å². The lowest BCUT2D eigenvalue weighted by atomic mass is 10.1. The molecule has 0 aliphatic carbocycles. The quantitative estimate of drug-likeness (QED) is 0.669. The van der Waals surface area contributed by atoms with Gasteiger partial charge in [0.25, 0.3) is 0 Å². The number of rotatable bonds is 1. The van der Waals surface area contributed by atoms with Crippen molar-refractivity contribution in [3.63, 3.8) is 0 Å². The molecule has 5 nitrogen and oxygen atoms in total. The van der Waals surface area contributed by atoms with Crippen LogP contribution < -0.4 is 15.3 Å². The van der Waals surface area contributed by atoms with E-state index in [4.69, 9.17) is 0 Å². The second-order valence-corrected chi connectivity index (χ2v) is 5.99. The van der Waals surface area contributed by atoms with Crippen LogP contribution in [0.3, 0.4) is 0 Å². The minimum absolute atomic E-state index is 0.0120. The number of halogens is 3. The molecule has 1 aromatic carbocycles. The number of carbonyl (C=O) groups is 1. The molecule has 26 heavy (non-hydrogen) atoms. The Kier molecular flexibility index (Phi) is 3.57. The summed E-state index contributed by atoms with van der Waals surface area (Å²) in [5.41, 5.74) is -0.137. The smallest absolute Gasteiger partial charge is 0.342 e. The molecule has 132 valence electrons. The molecule has 0 N–H and O–H groups in total. The Morgan fingerprint density at radius 3 is 2.73 bits per heavy atom. The Bertz CT molecular complexity index is 1150. The van der Waals surface area contributed by atoms with Gasteiger partial charge in [-0.05, 0) is 28.6 Å². The van der Waals surface area contributed by atoms with Gasteiger partial charge in [0.05, 0.1) is 29.2 Å². The van der Waals surface area contributed by atoms with Gasteiger partial charge in [0, 0.05) is 31.3 Å². The first kappa shape index (κ1) is 16.3. The fourth-order valence-corrected chi connectivity index (χ4v) is 3.09. The number of fused-ring (bicyclic) bond motifs is 2. The van der Waals surface area contributed by atoms with Crippen molar-refractivity contribution in [1.82, 2.24) is 14.8 Å². The predicted molar refractivity (Wildman–Crippen MR) is 90.8 cm³/mol. The normalized spacial score (nSPS) is 13.9. The van der Waals surface area contributed by atoms with Gasteiger partial charge in [0.15, 0.2) is 0 Å². The van der Waals surface area contributed by atoms with E-state index in [9.17, 15) is 18.0 Å². The van der Waals surface area contributed by atoms with E-state index in [-0.39, 0.29) is 18.1 Å². The average Bonchev–Trinajstić information content (AvgIpc) is 3.01. The molecule has 4 rings (SSSR count). The van der Waals surface area contributed by atoms with Crippen molar-refractivity contribution in [3.05, 3.63) is 52.8 Å². The number of nitrogens with zero attached hydrogens (tertiary/aromatic N) is 4. The van der Waals surface area contributed by atoms with Crippen LogP contribution in [-0.2, 0) is 6.18 Å². The number of aromatic nitrogens is 3. The summed E-state index contributed by atoms with van der Waals surface area (Å²) in [7, 11) is 0. The Labute approximate surface area is 145 Å². The molecular weight excluding hydrogens is 345 g/mol. The zero-order chi connectivity index (χ0) is 18.5. The molecule has 0 radical (unpaired) electrons. The maximum absolute atomic E-state index is 13.3. The molecule has 0 saturated carbocycles. The molecule has 3 aromatic rings. The molecule has 0 spiro atoms. The largest absolute Gasteiger partial charge is 0.418 e. The standard InChI is InChI=1S/C18H13F3N4O/c1-11(26)25-16-7-14-10-24(5-3-12(14)6-13(16)8-23-25)17-9-22-4-2-15(17)18(19,20)21/h2-4,6-10H,5H2,1H3. The van der Waals surface area contributed by atoms with Crippen LogP contribution in [0.4, 0.5) is 18.9 Å². The van der Waals surface area contributed by atoms with Crippen molar-refractivity contribution < 1.29 is 18.0 Å². The predicted octanol–water partition coefficient (Wildman–Crippen LogP) is 2.15. The van der Waals surface area contributed by atoms with E-state index in [0.717, 1.165) is 22.9 Å². The molecule has 0 unspecified atom stereocenters. The van der Waals surface area contributed by atoms with Gasteiger partial charge in [-0.15, -0.1) is 0 Å². The number of carbonyl (C=O) groups excluding carboxylic acids is 1. The minimum atomic E-state index is -4.47. The highest BCUT2D eigenvalue weighted by atomic mass is 19.4. The average molecular weight is 358 g/mol. The summed E-state index contributed by atoms with van der Waals surface area (Å²) >= 11 is 0. The van der Waals surface area contributed by atoms with Gasteiger partial charge in [-0.1, -0.05) is 6.08 Å². The molecule has 0 atom stereocenters. The number of hydrogen-bond donors (Lipinski definition) is 0. The summed E-state index contributed by atoms with van der Waals surface area (Å²) < 4.78 is 41.1. The van der Waals surface area contributed by atoms with Crippen LogP contribution >= 0.6 is 0 Å². The van der Waals surface area contributed by atoms with E-state index in [2.05, 4.69) is 10.1 Å². The fraction of sp³-hybridized carbons (Fsp3) is 0.167. The summed E-state index contributed by atoms with van der Waals surface area (Å²) in [5.74, 6) is -0.233.